The van der Waals surface area contributed by atoms with Crippen LogP contribution in [0.15, 0.2) is 11.6 Å². The average Bonchev–Trinajstić information content (AvgIpc) is 3.51. The molecule has 0 amide bonds. The maximum absolute atomic E-state index is 11.7. The van der Waals surface area contributed by atoms with Crippen molar-refractivity contribution < 1.29 is 39.4 Å². The lowest BCUT2D eigenvalue weighted by molar-refractivity contribution is -0.139. The van der Waals surface area contributed by atoms with Gasteiger partial charge in [0.15, 0.2) is 0 Å². The van der Waals surface area contributed by atoms with E-state index in [1.165, 1.54) is 0 Å². The summed E-state index contributed by atoms with van der Waals surface area (Å²) in [6.07, 6.45) is 5.03. The molecule has 0 aromatic heterocycles. The number of carbonyl (C=O) groups is 1. The number of esters is 1. The summed E-state index contributed by atoms with van der Waals surface area (Å²) in [6, 6.07) is 0. The lowest BCUT2D eigenvalue weighted by Gasteiger charge is -2.24. The van der Waals surface area contributed by atoms with Gasteiger partial charge in [-0.1, -0.05) is 19.8 Å². The summed E-state index contributed by atoms with van der Waals surface area (Å²) in [5.74, 6) is -0.367. The Morgan fingerprint density at radius 2 is 1.48 bits per heavy atom. The highest BCUT2D eigenvalue weighted by Gasteiger charge is 2.36. The summed E-state index contributed by atoms with van der Waals surface area (Å²) >= 11 is 0. The number of carbonyl (C=O) groups excluding carboxylic acids is 1. The van der Waals surface area contributed by atoms with Crippen LogP contribution in [0, 0.1) is 0 Å². The second-order valence-electron chi connectivity index (χ2n) is 9.98. The number of cyclic esters (lactones) is 1. The molecule has 33 heavy (non-hydrogen) atoms. The Kier molecular flexibility index (Phi) is 10.2. The predicted octanol–water partition coefficient (Wildman–Crippen LogP) is 2.15. The van der Waals surface area contributed by atoms with Gasteiger partial charge in [0.05, 0.1) is 48.8 Å². The lowest BCUT2D eigenvalue weighted by Crippen LogP contribution is -2.33. The Labute approximate surface area is 196 Å². The predicted molar refractivity (Wildman–Crippen MR) is 121 cm³/mol. The number of aliphatic hydroxyl groups excluding tert-OH is 4. The smallest absolute Gasteiger partial charge is 0.334 e. The first-order chi connectivity index (χ1) is 15.8. The molecule has 9 atom stereocenters. The molecule has 190 valence electrons. The van der Waals surface area contributed by atoms with Gasteiger partial charge in [0.1, 0.15) is 6.10 Å². The summed E-state index contributed by atoms with van der Waals surface area (Å²) in [7, 11) is 0. The van der Waals surface area contributed by atoms with Gasteiger partial charge in [0.25, 0.3) is 0 Å². The van der Waals surface area contributed by atoms with E-state index >= 15 is 0 Å². The maximum atomic E-state index is 11.7. The molecule has 8 heteroatoms. The van der Waals surface area contributed by atoms with Gasteiger partial charge in [0.2, 0.25) is 0 Å². The number of hydrogen-bond donors (Lipinski definition) is 4. The van der Waals surface area contributed by atoms with E-state index in [2.05, 4.69) is 6.92 Å². The normalized spacial score (nSPS) is 33.6. The van der Waals surface area contributed by atoms with Crippen molar-refractivity contribution in [3.8, 4) is 0 Å². The first-order valence-corrected chi connectivity index (χ1v) is 12.7. The van der Waals surface area contributed by atoms with Gasteiger partial charge in [0, 0.05) is 12.0 Å². The third kappa shape index (κ3) is 7.73. The van der Waals surface area contributed by atoms with E-state index in [1.807, 2.05) is 0 Å². The summed E-state index contributed by atoms with van der Waals surface area (Å²) in [4.78, 5) is 11.7. The molecule has 2 fully saturated rings. The van der Waals surface area contributed by atoms with E-state index in [4.69, 9.17) is 14.2 Å². The first kappa shape index (κ1) is 26.6. The van der Waals surface area contributed by atoms with Crippen LogP contribution in [0.5, 0.6) is 0 Å². The number of hydrogen-bond acceptors (Lipinski definition) is 8. The minimum absolute atomic E-state index is 0.163. The molecule has 8 nitrogen and oxygen atoms in total. The van der Waals surface area contributed by atoms with Crippen molar-refractivity contribution >= 4 is 5.97 Å². The largest absolute Gasteiger partial charge is 0.455 e. The second-order valence-corrected chi connectivity index (χ2v) is 9.98. The summed E-state index contributed by atoms with van der Waals surface area (Å²) in [5, 5.41) is 41.7. The molecule has 0 saturated carbocycles. The van der Waals surface area contributed by atoms with Gasteiger partial charge in [-0.15, -0.1) is 0 Å². The van der Waals surface area contributed by atoms with Crippen LogP contribution >= 0.6 is 0 Å². The van der Waals surface area contributed by atoms with Crippen molar-refractivity contribution in [3.05, 3.63) is 11.6 Å². The fourth-order valence-electron chi connectivity index (χ4n) is 5.18. The number of rotatable bonds is 13. The van der Waals surface area contributed by atoms with Gasteiger partial charge in [-0.25, -0.2) is 4.79 Å². The molecule has 3 rings (SSSR count). The molecule has 3 aliphatic rings. The summed E-state index contributed by atoms with van der Waals surface area (Å²) < 4.78 is 16.9. The molecule has 4 N–H and O–H groups in total. The number of unbranched alkanes of at least 4 members (excludes halogenated alkanes) is 1. The van der Waals surface area contributed by atoms with Crippen LogP contribution in [0.4, 0.5) is 0 Å². The molecule has 0 radical (unpaired) electrons. The minimum Gasteiger partial charge on any atom is -0.455 e. The van der Waals surface area contributed by atoms with Crippen LogP contribution in [0.3, 0.4) is 0 Å². The Morgan fingerprint density at radius 1 is 0.909 bits per heavy atom. The van der Waals surface area contributed by atoms with Crippen molar-refractivity contribution in [2.75, 3.05) is 0 Å². The molecule has 0 bridgehead atoms. The molecule has 3 aliphatic heterocycles. The number of ether oxygens (including phenoxy) is 3. The Hall–Kier alpha value is -1.03. The topological polar surface area (TPSA) is 126 Å². The molecule has 3 heterocycles. The van der Waals surface area contributed by atoms with Gasteiger partial charge in [-0.3, -0.25) is 0 Å². The number of aliphatic hydroxyl groups is 4. The van der Waals surface area contributed by atoms with Gasteiger partial charge in [-0.05, 0) is 64.4 Å². The quantitative estimate of drug-likeness (QED) is 0.302. The van der Waals surface area contributed by atoms with Gasteiger partial charge < -0.3 is 34.6 Å². The molecule has 0 aromatic carbocycles. The summed E-state index contributed by atoms with van der Waals surface area (Å²) in [6.45, 7) is 3.87. The fraction of sp³-hybridized carbons (Fsp3) is 0.880. The fourth-order valence-corrected chi connectivity index (χ4v) is 5.18. The molecule has 0 unspecified atom stereocenters. The molecule has 0 spiro atoms. The third-order valence-electron chi connectivity index (χ3n) is 7.11. The molecular weight excluding hydrogens is 428 g/mol. The van der Waals surface area contributed by atoms with Crippen molar-refractivity contribution in [3.63, 3.8) is 0 Å². The molecule has 0 aromatic rings. The van der Waals surface area contributed by atoms with Gasteiger partial charge in [-0.2, -0.15) is 0 Å². The summed E-state index contributed by atoms with van der Waals surface area (Å²) in [5.41, 5.74) is 0.507. The Morgan fingerprint density at radius 3 is 2.06 bits per heavy atom. The highest BCUT2D eigenvalue weighted by molar-refractivity contribution is 5.90. The van der Waals surface area contributed by atoms with Crippen LogP contribution in [-0.2, 0) is 19.0 Å². The zero-order chi connectivity index (χ0) is 24.0. The SMILES string of the molecule is CCCC[C@H](O)[C@H]1CC[C@@H]([C@@H](O)CC[C@H](O)[C@@H]2CC[C@@H](C[C@@H](O)CC3=C[C@H](C)OC3=O)O2)O1. The van der Waals surface area contributed by atoms with E-state index in [0.29, 0.717) is 37.7 Å². The zero-order valence-corrected chi connectivity index (χ0v) is 20.0. The van der Waals surface area contributed by atoms with E-state index in [1.54, 1.807) is 13.0 Å². The Balaban J connectivity index is 1.33. The maximum Gasteiger partial charge on any atom is 0.334 e. The van der Waals surface area contributed by atoms with Crippen LogP contribution in [-0.4, -0.2) is 81.3 Å². The van der Waals surface area contributed by atoms with Crippen LogP contribution in [0.25, 0.3) is 0 Å². The highest BCUT2D eigenvalue weighted by Crippen LogP contribution is 2.31. The zero-order valence-electron chi connectivity index (χ0n) is 20.0. The van der Waals surface area contributed by atoms with E-state index in [9.17, 15) is 25.2 Å². The third-order valence-corrected chi connectivity index (χ3v) is 7.11. The second kappa shape index (κ2) is 12.6. The molecule has 2 saturated heterocycles. The lowest BCUT2D eigenvalue weighted by atomic mass is 9.98. The van der Waals surface area contributed by atoms with Gasteiger partial charge >= 0.3 is 5.97 Å². The van der Waals surface area contributed by atoms with Crippen LogP contribution < -0.4 is 0 Å². The molecular formula is C25H42O8. The first-order valence-electron chi connectivity index (χ1n) is 12.7. The van der Waals surface area contributed by atoms with E-state index < -0.39 is 24.4 Å². The van der Waals surface area contributed by atoms with Crippen molar-refractivity contribution in [2.45, 2.75) is 139 Å². The van der Waals surface area contributed by atoms with Crippen LogP contribution in [0.2, 0.25) is 0 Å². The Bertz CT molecular complexity index is 652. The van der Waals surface area contributed by atoms with Crippen molar-refractivity contribution in [1.82, 2.24) is 0 Å². The average molecular weight is 471 g/mol. The highest BCUT2D eigenvalue weighted by atomic mass is 16.5. The van der Waals surface area contributed by atoms with Crippen molar-refractivity contribution in [1.29, 1.82) is 0 Å². The minimum atomic E-state index is -0.697. The molecule has 0 aliphatic carbocycles. The van der Waals surface area contributed by atoms with Crippen LogP contribution in [0.1, 0.15) is 84.5 Å². The standard InChI is InChI=1S/C25H42O8/c1-3-4-5-19(27)23-10-11-24(33-23)21(29)8-7-20(28)22-9-6-18(32-22)14-17(26)13-16-12-15(2)31-25(16)30/h12,15,17-24,26-29H,3-11,13-14H2,1-2H3/t15-,17-,18-,19-,20-,21-,22-,23+,24-/m0/s1. The van der Waals surface area contributed by atoms with E-state index in [-0.39, 0.29) is 42.9 Å². The van der Waals surface area contributed by atoms with Crippen molar-refractivity contribution in [2.24, 2.45) is 0 Å². The monoisotopic (exact) mass is 470 g/mol. The van der Waals surface area contributed by atoms with E-state index in [0.717, 1.165) is 32.1 Å².